The Labute approximate surface area is 124 Å². The Morgan fingerprint density at radius 2 is 1.71 bits per heavy atom. The van der Waals surface area contributed by atoms with Gasteiger partial charge in [-0.25, -0.2) is 0 Å². The standard InChI is InChI=1S/C17H18N4/c1-2-13-8-10-15(11-9-13)18-12-16-17(20-21-19-16)14-6-4-3-5-7-14/h3-11,18H,2,12H2,1H3,(H,19,20,21). The van der Waals surface area contributed by atoms with E-state index in [1.165, 1.54) is 5.56 Å². The van der Waals surface area contributed by atoms with Gasteiger partial charge in [0.1, 0.15) is 11.4 Å². The minimum atomic E-state index is 0.645. The number of aryl methyl sites for hydroxylation is 1. The van der Waals surface area contributed by atoms with Crippen LogP contribution >= 0.6 is 0 Å². The topological polar surface area (TPSA) is 53.6 Å². The third kappa shape index (κ3) is 3.11. The molecule has 0 saturated heterocycles. The second-order valence-corrected chi connectivity index (χ2v) is 4.89. The summed E-state index contributed by atoms with van der Waals surface area (Å²) in [4.78, 5) is 0. The molecule has 2 N–H and O–H groups in total. The lowest BCUT2D eigenvalue weighted by Gasteiger charge is -2.06. The molecule has 0 amide bonds. The van der Waals surface area contributed by atoms with Crippen molar-refractivity contribution in [2.45, 2.75) is 19.9 Å². The molecule has 4 nitrogen and oxygen atoms in total. The highest BCUT2D eigenvalue weighted by Gasteiger charge is 2.09. The van der Waals surface area contributed by atoms with Gasteiger partial charge in [-0.05, 0) is 24.1 Å². The summed E-state index contributed by atoms with van der Waals surface area (Å²) in [6, 6.07) is 18.6. The predicted octanol–water partition coefficient (Wildman–Crippen LogP) is 3.65. The minimum Gasteiger partial charge on any atom is -0.379 e. The molecule has 0 aliphatic rings. The van der Waals surface area contributed by atoms with Crippen LogP contribution in [0.25, 0.3) is 11.3 Å². The number of aromatic amines is 1. The Balaban J connectivity index is 1.72. The van der Waals surface area contributed by atoms with Crippen molar-refractivity contribution in [3.8, 4) is 11.3 Å². The monoisotopic (exact) mass is 278 g/mol. The zero-order chi connectivity index (χ0) is 14.5. The van der Waals surface area contributed by atoms with Gasteiger partial charge in [0.05, 0.1) is 6.54 Å². The first kappa shape index (κ1) is 13.4. The Bertz CT molecular complexity index is 686. The fourth-order valence-corrected chi connectivity index (χ4v) is 2.25. The molecule has 0 unspecified atom stereocenters. The summed E-state index contributed by atoms with van der Waals surface area (Å²) in [7, 11) is 0. The van der Waals surface area contributed by atoms with E-state index in [9.17, 15) is 0 Å². The highest BCUT2D eigenvalue weighted by Crippen LogP contribution is 2.20. The number of H-pyrrole nitrogens is 1. The molecule has 1 heterocycles. The molecule has 3 aromatic rings. The van der Waals surface area contributed by atoms with Gasteiger partial charge >= 0.3 is 0 Å². The molecular formula is C17H18N4. The maximum Gasteiger partial charge on any atom is 0.117 e. The van der Waals surface area contributed by atoms with Crippen LogP contribution < -0.4 is 5.32 Å². The maximum atomic E-state index is 4.25. The van der Waals surface area contributed by atoms with E-state index in [0.29, 0.717) is 6.54 Å². The van der Waals surface area contributed by atoms with Crippen LogP contribution in [0.2, 0.25) is 0 Å². The van der Waals surface area contributed by atoms with Gasteiger partial charge in [0.15, 0.2) is 0 Å². The van der Waals surface area contributed by atoms with E-state index in [1.54, 1.807) is 0 Å². The number of benzene rings is 2. The molecule has 3 rings (SSSR count). The minimum absolute atomic E-state index is 0.645. The summed E-state index contributed by atoms with van der Waals surface area (Å²) in [6.45, 7) is 2.80. The van der Waals surface area contributed by atoms with Gasteiger partial charge < -0.3 is 5.32 Å². The molecule has 0 radical (unpaired) electrons. The summed E-state index contributed by atoms with van der Waals surface area (Å²) in [5, 5.41) is 14.6. The van der Waals surface area contributed by atoms with E-state index in [0.717, 1.165) is 29.1 Å². The van der Waals surface area contributed by atoms with Crippen LogP contribution in [0.4, 0.5) is 5.69 Å². The van der Waals surface area contributed by atoms with Crippen LogP contribution in [0.15, 0.2) is 54.6 Å². The number of anilines is 1. The largest absolute Gasteiger partial charge is 0.379 e. The fraction of sp³-hybridized carbons (Fsp3) is 0.176. The SMILES string of the molecule is CCc1ccc(NCc2n[nH]nc2-c2ccccc2)cc1. The fourth-order valence-electron chi connectivity index (χ4n) is 2.25. The van der Waals surface area contributed by atoms with Crippen molar-refractivity contribution in [2.75, 3.05) is 5.32 Å². The molecule has 2 aromatic carbocycles. The van der Waals surface area contributed by atoms with Gasteiger partial charge in [-0.15, -0.1) is 0 Å². The zero-order valence-electron chi connectivity index (χ0n) is 12.0. The lowest BCUT2D eigenvalue weighted by molar-refractivity contribution is 0.911. The van der Waals surface area contributed by atoms with Crippen molar-refractivity contribution in [2.24, 2.45) is 0 Å². The predicted molar refractivity (Wildman–Crippen MR) is 85.0 cm³/mol. The van der Waals surface area contributed by atoms with Crippen LogP contribution in [-0.4, -0.2) is 15.4 Å². The van der Waals surface area contributed by atoms with Crippen molar-refractivity contribution in [1.29, 1.82) is 0 Å². The molecule has 0 aliphatic heterocycles. The summed E-state index contributed by atoms with van der Waals surface area (Å²) in [5.74, 6) is 0. The first-order valence-corrected chi connectivity index (χ1v) is 7.14. The molecule has 0 bridgehead atoms. The summed E-state index contributed by atoms with van der Waals surface area (Å²) in [5.41, 5.74) is 5.32. The summed E-state index contributed by atoms with van der Waals surface area (Å²) >= 11 is 0. The highest BCUT2D eigenvalue weighted by atomic mass is 15.3. The Morgan fingerprint density at radius 3 is 2.43 bits per heavy atom. The molecule has 0 fully saturated rings. The normalized spacial score (nSPS) is 10.5. The van der Waals surface area contributed by atoms with E-state index in [1.807, 2.05) is 30.3 Å². The van der Waals surface area contributed by atoms with Crippen molar-refractivity contribution in [1.82, 2.24) is 15.4 Å². The van der Waals surface area contributed by atoms with Gasteiger partial charge in [0, 0.05) is 11.3 Å². The number of hydrogen-bond donors (Lipinski definition) is 2. The Hall–Kier alpha value is -2.62. The van der Waals surface area contributed by atoms with Crippen LogP contribution in [0.5, 0.6) is 0 Å². The van der Waals surface area contributed by atoms with Crippen LogP contribution in [0.3, 0.4) is 0 Å². The van der Waals surface area contributed by atoms with Gasteiger partial charge in [-0.1, -0.05) is 49.4 Å². The van der Waals surface area contributed by atoms with Gasteiger partial charge in [0.2, 0.25) is 0 Å². The number of rotatable bonds is 5. The second-order valence-electron chi connectivity index (χ2n) is 4.89. The van der Waals surface area contributed by atoms with E-state index in [2.05, 4.69) is 51.9 Å². The number of nitrogens with one attached hydrogen (secondary N) is 2. The lowest BCUT2D eigenvalue weighted by Crippen LogP contribution is -2.01. The molecule has 21 heavy (non-hydrogen) atoms. The molecule has 106 valence electrons. The van der Waals surface area contributed by atoms with Crippen LogP contribution in [0.1, 0.15) is 18.2 Å². The summed E-state index contributed by atoms with van der Waals surface area (Å²) < 4.78 is 0. The molecular weight excluding hydrogens is 260 g/mol. The van der Waals surface area contributed by atoms with Gasteiger partial charge in [-0.2, -0.15) is 15.4 Å². The van der Waals surface area contributed by atoms with Gasteiger partial charge in [0.25, 0.3) is 0 Å². The second kappa shape index (κ2) is 6.22. The van der Waals surface area contributed by atoms with Crippen molar-refractivity contribution >= 4 is 5.69 Å². The van der Waals surface area contributed by atoms with Crippen molar-refractivity contribution < 1.29 is 0 Å². The van der Waals surface area contributed by atoms with Crippen LogP contribution in [-0.2, 0) is 13.0 Å². The molecule has 1 aromatic heterocycles. The van der Waals surface area contributed by atoms with E-state index < -0.39 is 0 Å². The zero-order valence-corrected chi connectivity index (χ0v) is 12.0. The molecule has 0 spiro atoms. The van der Waals surface area contributed by atoms with E-state index >= 15 is 0 Å². The average molecular weight is 278 g/mol. The number of aromatic nitrogens is 3. The molecule has 4 heteroatoms. The quantitative estimate of drug-likeness (QED) is 0.749. The molecule has 0 aliphatic carbocycles. The lowest BCUT2D eigenvalue weighted by atomic mass is 10.1. The van der Waals surface area contributed by atoms with Gasteiger partial charge in [-0.3, -0.25) is 0 Å². The molecule has 0 saturated carbocycles. The van der Waals surface area contributed by atoms with Crippen molar-refractivity contribution in [3.63, 3.8) is 0 Å². The first-order valence-electron chi connectivity index (χ1n) is 7.14. The molecule has 0 atom stereocenters. The number of hydrogen-bond acceptors (Lipinski definition) is 3. The maximum absolute atomic E-state index is 4.25. The first-order chi connectivity index (χ1) is 10.4. The van der Waals surface area contributed by atoms with Crippen LogP contribution in [0, 0.1) is 0 Å². The average Bonchev–Trinajstić information content (AvgIpc) is 3.03. The van der Waals surface area contributed by atoms with Crippen molar-refractivity contribution in [3.05, 3.63) is 65.9 Å². The number of nitrogens with zero attached hydrogens (tertiary/aromatic N) is 2. The smallest absolute Gasteiger partial charge is 0.117 e. The Morgan fingerprint density at radius 1 is 0.952 bits per heavy atom. The van der Waals surface area contributed by atoms with E-state index in [-0.39, 0.29) is 0 Å². The summed E-state index contributed by atoms with van der Waals surface area (Å²) in [6.07, 6.45) is 1.06. The van der Waals surface area contributed by atoms with E-state index in [4.69, 9.17) is 0 Å². The Kier molecular flexibility index (Phi) is 3.96. The highest BCUT2D eigenvalue weighted by molar-refractivity contribution is 5.61. The third-order valence-corrected chi connectivity index (χ3v) is 3.49. The third-order valence-electron chi connectivity index (χ3n) is 3.49.